The van der Waals surface area contributed by atoms with Crippen molar-refractivity contribution in [2.75, 3.05) is 0 Å². The van der Waals surface area contributed by atoms with Crippen molar-refractivity contribution >= 4 is 54.5 Å². The maximum Gasteiger partial charge on any atom is 0.277 e. The predicted octanol–water partition coefficient (Wildman–Crippen LogP) is 3.51. The van der Waals surface area contributed by atoms with Gasteiger partial charge in [0, 0.05) is 17.1 Å². The molecule has 0 spiro atoms. The monoisotopic (exact) mass is 369 g/mol. The van der Waals surface area contributed by atoms with E-state index in [0.717, 1.165) is 21.4 Å². The maximum atomic E-state index is 12.6. The topological polar surface area (TPSA) is 56.1 Å². The van der Waals surface area contributed by atoms with Gasteiger partial charge in [-0.05, 0) is 52.3 Å². The zero-order valence-corrected chi connectivity index (χ0v) is 13.2. The minimum absolute atomic E-state index is 0.265. The number of carbonyl (C=O) groups is 1. The van der Waals surface area contributed by atoms with Gasteiger partial charge in [0.05, 0.1) is 9.30 Å². The van der Waals surface area contributed by atoms with E-state index in [4.69, 9.17) is 0 Å². The van der Waals surface area contributed by atoms with Crippen molar-refractivity contribution in [1.29, 1.82) is 0 Å². The van der Waals surface area contributed by atoms with Crippen LogP contribution in [0.4, 0.5) is 0 Å². The van der Waals surface area contributed by atoms with Crippen molar-refractivity contribution in [3.05, 3.63) is 51.9 Å². The lowest BCUT2D eigenvalue weighted by Gasteiger charge is -2.05. The summed E-state index contributed by atoms with van der Waals surface area (Å²) < 4.78 is 27.4. The number of aldehydes is 1. The summed E-state index contributed by atoms with van der Waals surface area (Å²) in [6.45, 7) is 0. The van der Waals surface area contributed by atoms with Crippen LogP contribution in [0.3, 0.4) is 0 Å². The molecule has 4 nitrogen and oxygen atoms in total. The molecular weight excluding hydrogens is 362 g/mol. The molecule has 0 radical (unpaired) electrons. The average Bonchev–Trinajstić information content (AvgIpc) is 3.04. The number of carbonyl (C=O) groups excluding carboxylic acids is 1. The molecule has 20 heavy (non-hydrogen) atoms. The Morgan fingerprint density at radius 3 is 2.60 bits per heavy atom. The molecule has 102 valence electrons. The molecule has 3 rings (SSSR count). The SMILES string of the molecule is O=Cc1ccc2c(ccn2S(=O)(=O)c2ccc(Br)s2)c1. The fourth-order valence-electron chi connectivity index (χ4n) is 1.95. The molecule has 3 aromatic rings. The molecule has 0 atom stereocenters. The molecule has 0 amide bonds. The summed E-state index contributed by atoms with van der Waals surface area (Å²) in [5.41, 5.74) is 1.08. The van der Waals surface area contributed by atoms with Crippen molar-refractivity contribution in [3.63, 3.8) is 0 Å². The quantitative estimate of drug-likeness (QED) is 0.663. The van der Waals surface area contributed by atoms with Crippen molar-refractivity contribution in [3.8, 4) is 0 Å². The first kappa shape index (κ1) is 13.5. The lowest BCUT2D eigenvalue weighted by Crippen LogP contribution is -2.10. The van der Waals surface area contributed by atoms with Crippen LogP contribution in [0.15, 0.2) is 50.6 Å². The van der Waals surface area contributed by atoms with Crippen molar-refractivity contribution in [2.45, 2.75) is 4.21 Å². The number of fused-ring (bicyclic) bond motifs is 1. The van der Waals surface area contributed by atoms with E-state index >= 15 is 0 Å². The zero-order valence-electron chi connectivity index (χ0n) is 9.99. The number of benzene rings is 1. The molecule has 0 bridgehead atoms. The van der Waals surface area contributed by atoms with Gasteiger partial charge in [-0.1, -0.05) is 0 Å². The molecule has 1 aromatic carbocycles. The summed E-state index contributed by atoms with van der Waals surface area (Å²) in [5, 5.41) is 0.716. The lowest BCUT2D eigenvalue weighted by molar-refractivity contribution is 0.112. The van der Waals surface area contributed by atoms with Gasteiger partial charge in [0.25, 0.3) is 10.0 Å². The molecule has 0 N–H and O–H groups in total. The zero-order chi connectivity index (χ0) is 14.3. The van der Waals surface area contributed by atoms with Crippen LogP contribution >= 0.6 is 27.3 Å². The Labute approximate surface area is 127 Å². The van der Waals surface area contributed by atoms with Crippen molar-refractivity contribution in [1.82, 2.24) is 3.97 Å². The number of rotatable bonds is 3. The first-order valence-corrected chi connectivity index (χ1v) is 8.64. The molecule has 2 aromatic heterocycles. The largest absolute Gasteiger partial charge is 0.298 e. The smallest absolute Gasteiger partial charge is 0.277 e. The Morgan fingerprint density at radius 2 is 1.95 bits per heavy atom. The third-order valence-corrected chi connectivity index (χ3v) is 6.66. The molecule has 0 aliphatic rings. The van der Waals surface area contributed by atoms with E-state index in [2.05, 4.69) is 15.9 Å². The van der Waals surface area contributed by atoms with Gasteiger partial charge in [0.1, 0.15) is 10.5 Å². The molecule has 0 fully saturated rings. The standard InChI is InChI=1S/C13H8BrNO3S2/c14-12-3-4-13(19-12)20(17,18)15-6-5-10-7-9(8-16)1-2-11(10)15/h1-8H. The maximum absolute atomic E-state index is 12.6. The highest BCUT2D eigenvalue weighted by atomic mass is 79.9. The van der Waals surface area contributed by atoms with E-state index in [0.29, 0.717) is 16.5 Å². The van der Waals surface area contributed by atoms with Crippen LogP contribution in [-0.2, 0) is 10.0 Å². The molecule has 2 heterocycles. The summed E-state index contributed by atoms with van der Waals surface area (Å²) >= 11 is 4.42. The van der Waals surface area contributed by atoms with E-state index in [9.17, 15) is 13.2 Å². The van der Waals surface area contributed by atoms with Gasteiger partial charge in [-0.2, -0.15) is 8.42 Å². The fourth-order valence-corrected chi connectivity index (χ4v) is 5.40. The van der Waals surface area contributed by atoms with Gasteiger partial charge in [-0.3, -0.25) is 4.79 Å². The van der Waals surface area contributed by atoms with E-state index in [1.165, 1.54) is 10.2 Å². The number of nitrogens with zero attached hydrogens (tertiary/aromatic N) is 1. The lowest BCUT2D eigenvalue weighted by atomic mass is 10.2. The minimum Gasteiger partial charge on any atom is -0.298 e. The first-order chi connectivity index (χ1) is 9.52. The summed E-state index contributed by atoms with van der Waals surface area (Å²) in [5.74, 6) is 0. The average molecular weight is 370 g/mol. The van der Waals surface area contributed by atoms with Crippen LogP contribution in [0.2, 0.25) is 0 Å². The fraction of sp³-hybridized carbons (Fsp3) is 0. The second kappa shape index (κ2) is 4.83. The molecule has 0 aliphatic carbocycles. The van der Waals surface area contributed by atoms with Crippen molar-refractivity contribution < 1.29 is 13.2 Å². The molecule has 7 heteroatoms. The number of thiophene rings is 1. The Morgan fingerprint density at radius 1 is 1.15 bits per heavy atom. The van der Waals surface area contributed by atoms with E-state index in [1.807, 2.05) is 0 Å². The highest BCUT2D eigenvalue weighted by molar-refractivity contribution is 9.11. The van der Waals surface area contributed by atoms with Crippen LogP contribution in [0.5, 0.6) is 0 Å². The van der Waals surface area contributed by atoms with Crippen LogP contribution in [0, 0.1) is 0 Å². The highest BCUT2D eigenvalue weighted by Crippen LogP contribution is 2.30. The third-order valence-electron chi connectivity index (χ3n) is 2.88. The van der Waals surface area contributed by atoms with Gasteiger partial charge in [-0.15, -0.1) is 11.3 Å². The van der Waals surface area contributed by atoms with Crippen LogP contribution in [0.25, 0.3) is 10.9 Å². The predicted molar refractivity (Wildman–Crippen MR) is 81.9 cm³/mol. The Balaban J connectivity index is 2.22. The Hall–Kier alpha value is -1.44. The van der Waals surface area contributed by atoms with Gasteiger partial charge < -0.3 is 0 Å². The minimum atomic E-state index is -3.60. The van der Waals surface area contributed by atoms with E-state index < -0.39 is 10.0 Å². The summed E-state index contributed by atoms with van der Waals surface area (Å²) in [4.78, 5) is 10.7. The van der Waals surface area contributed by atoms with Crippen LogP contribution < -0.4 is 0 Å². The normalized spacial score (nSPS) is 11.8. The Kier molecular flexibility index (Phi) is 3.27. The molecular formula is C13H8BrNO3S2. The summed E-state index contributed by atoms with van der Waals surface area (Å²) in [6, 6.07) is 9.86. The number of hydrogen-bond donors (Lipinski definition) is 0. The Bertz CT molecular complexity index is 909. The van der Waals surface area contributed by atoms with Gasteiger partial charge >= 0.3 is 0 Å². The van der Waals surface area contributed by atoms with E-state index in [1.54, 1.807) is 36.4 Å². The molecule has 0 aliphatic heterocycles. The third kappa shape index (κ3) is 2.11. The second-order valence-electron chi connectivity index (χ2n) is 4.11. The van der Waals surface area contributed by atoms with Gasteiger partial charge in [-0.25, -0.2) is 3.97 Å². The van der Waals surface area contributed by atoms with E-state index in [-0.39, 0.29) is 4.21 Å². The van der Waals surface area contributed by atoms with Gasteiger partial charge in [0.15, 0.2) is 0 Å². The first-order valence-electron chi connectivity index (χ1n) is 5.59. The molecule has 0 saturated heterocycles. The van der Waals surface area contributed by atoms with Crippen LogP contribution in [0.1, 0.15) is 10.4 Å². The van der Waals surface area contributed by atoms with Crippen LogP contribution in [-0.4, -0.2) is 18.7 Å². The second-order valence-corrected chi connectivity index (χ2v) is 8.62. The van der Waals surface area contributed by atoms with Gasteiger partial charge in [0.2, 0.25) is 0 Å². The van der Waals surface area contributed by atoms with Crippen molar-refractivity contribution in [2.24, 2.45) is 0 Å². The number of hydrogen-bond acceptors (Lipinski definition) is 4. The summed E-state index contributed by atoms with van der Waals surface area (Å²) in [6.07, 6.45) is 2.24. The molecule has 0 unspecified atom stereocenters. The summed E-state index contributed by atoms with van der Waals surface area (Å²) in [7, 11) is -3.60. The number of halogens is 1. The number of aromatic nitrogens is 1. The molecule has 0 saturated carbocycles. The highest BCUT2D eigenvalue weighted by Gasteiger charge is 2.20.